The first kappa shape index (κ1) is 38.1. The van der Waals surface area contributed by atoms with Crippen LogP contribution in [0.2, 0.25) is 0 Å². The van der Waals surface area contributed by atoms with Crippen molar-refractivity contribution in [3.8, 4) is 11.1 Å². The van der Waals surface area contributed by atoms with E-state index in [0.717, 1.165) is 35.3 Å². The number of carbonyl (C=O) groups is 3. The van der Waals surface area contributed by atoms with E-state index in [1.165, 1.54) is 0 Å². The number of ketones is 1. The third-order valence-corrected chi connectivity index (χ3v) is 9.36. The molecule has 2 amide bonds. The molecule has 0 aliphatic carbocycles. The molecule has 3 N–H and O–H groups in total. The fraction of sp³-hybridized carbons (Fsp3) is 0.378. The first-order valence-electron chi connectivity index (χ1n) is 16.4. The molecule has 0 aliphatic rings. The summed E-state index contributed by atoms with van der Waals surface area (Å²) in [4.78, 5) is 39.7. The third-order valence-electron chi connectivity index (χ3n) is 7.89. The number of aryl methyl sites for hydroxylation is 1. The van der Waals surface area contributed by atoms with Crippen LogP contribution < -0.4 is 15.4 Å². The molecule has 10 nitrogen and oxygen atoms in total. The highest BCUT2D eigenvalue weighted by molar-refractivity contribution is 7.89. The van der Waals surface area contributed by atoms with Gasteiger partial charge in [0.15, 0.2) is 5.78 Å². The Morgan fingerprint density at radius 2 is 1.56 bits per heavy atom. The molecule has 11 heteroatoms. The fourth-order valence-electron chi connectivity index (χ4n) is 5.13. The number of esters is 1. The lowest BCUT2D eigenvalue weighted by atomic mass is 9.95. The summed E-state index contributed by atoms with van der Waals surface area (Å²) < 4.78 is 33.9. The second-order valence-corrected chi connectivity index (χ2v) is 13.4. The Kier molecular flexibility index (Phi) is 15.5. The number of ether oxygens (including phenoxy) is 1. The van der Waals surface area contributed by atoms with Gasteiger partial charge in [0.25, 0.3) is 0 Å². The van der Waals surface area contributed by atoms with E-state index in [-0.39, 0.29) is 36.8 Å². The first-order chi connectivity index (χ1) is 23.0. The van der Waals surface area contributed by atoms with E-state index in [1.54, 1.807) is 19.1 Å². The average Bonchev–Trinajstić information content (AvgIpc) is 3.09. The number of sulfonamides is 1. The first-order valence-corrected chi connectivity index (χ1v) is 18.0. The fourth-order valence-corrected chi connectivity index (χ4v) is 6.42. The Balaban J connectivity index is 1.68. The molecule has 0 bridgehead atoms. The number of urea groups is 1. The zero-order valence-corrected chi connectivity index (χ0v) is 29.0. The van der Waals surface area contributed by atoms with Crippen LogP contribution in [0, 0.1) is 0 Å². The minimum absolute atomic E-state index is 0.0337. The van der Waals surface area contributed by atoms with E-state index in [4.69, 9.17) is 4.74 Å². The molecule has 0 aromatic heterocycles. The summed E-state index contributed by atoms with van der Waals surface area (Å²) in [5.74, 6) is -0.849. The topological polar surface area (TPSA) is 134 Å². The van der Waals surface area contributed by atoms with Gasteiger partial charge in [0.2, 0.25) is 10.0 Å². The quantitative estimate of drug-likeness (QED) is 0.0656. The maximum Gasteiger partial charge on any atom is 0.333 e. The summed E-state index contributed by atoms with van der Waals surface area (Å²) in [5, 5.41) is 5.46. The Morgan fingerprint density at radius 3 is 2.23 bits per heavy atom. The van der Waals surface area contributed by atoms with Crippen LogP contribution in [0.1, 0.15) is 55.1 Å². The van der Waals surface area contributed by atoms with Crippen LogP contribution in [0.15, 0.2) is 91.0 Å². The minimum atomic E-state index is -3.70. The Hall–Kier alpha value is -4.32. The SMILES string of the molecule is C=C(C)C(=O)OCCNC(=O)NCc1ccccc1-c1ccc(C(=O)[C@@H](CCc2ccccc2)NS(=O)(=O)CCCN(CC)CC)cc1. The molecule has 1 atom stereocenters. The molecular formula is C37H48N4O6S. The molecule has 0 radical (unpaired) electrons. The van der Waals surface area contributed by atoms with Crippen molar-refractivity contribution < 1.29 is 27.5 Å². The lowest BCUT2D eigenvalue weighted by Gasteiger charge is -2.20. The lowest BCUT2D eigenvalue weighted by molar-refractivity contribution is -0.138. The van der Waals surface area contributed by atoms with E-state index in [1.807, 2.05) is 80.6 Å². The highest BCUT2D eigenvalue weighted by atomic mass is 32.2. The van der Waals surface area contributed by atoms with Crippen molar-refractivity contribution in [2.75, 3.05) is 38.5 Å². The molecule has 0 aliphatic heterocycles. The van der Waals surface area contributed by atoms with Crippen molar-refractivity contribution in [2.45, 2.75) is 52.6 Å². The van der Waals surface area contributed by atoms with Gasteiger partial charge in [-0.05, 0) is 68.1 Å². The van der Waals surface area contributed by atoms with E-state index in [9.17, 15) is 22.8 Å². The van der Waals surface area contributed by atoms with Gasteiger partial charge in [0, 0.05) is 17.7 Å². The van der Waals surface area contributed by atoms with Gasteiger partial charge in [-0.2, -0.15) is 0 Å². The highest BCUT2D eigenvalue weighted by Crippen LogP contribution is 2.25. The Labute approximate surface area is 285 Å². The van der Waals surface area contributed by atoms with Crippen molar-refractivity contribution in [1.29, 1.82) is 0 Å². The smallest absolute Gasteiger partial charge is 0.333 e. The average molecular weight is 677 g/mol. The number of nitrogens with zero attached hydrogens (tertiary/aromatic N) is 1. The summed E-state index contributed by atoms with van der Waals surface area (Å²) in [6.07, 6.45) is 1.35. The number of nitrogens with one attached hydrogen (secondary N) is 3. The van der Waals surface area contributed by atoms with Crippen LogP contribution in [0.4, 0.5) is 4.79 Å². The van der Waals surface area contributed by atoms with Crippen molar-refractivity contribution in [2.24, 2.45) is 0 Å². The number of amides is 2. The van der Waals surface area contributed by atoms with Crippen LogP contribution in [-0.4, -0.2) is 75.7 Å². The number of benzene rings is 3. The third kappa shape index (κ3) is 12.7. The second-order valence-electron chi connectivity index (χ2n) is 11.5. The molecule has 3 rings (SSSR count). The molecule has 0 saturated heterocycles. The van der Waals surface area contributed by atoms with E-state index >= 15 is 0 Å². The van der Waals surface area contributed by atoms with Crippen molar-refractivity contribution in [3.63, 3.8) is 0 Å². The van der Waals surface area contributed by atoms with Crippen LogP contribution in [0.25, 0.3) is 11.1 Å². The number of hydrogen-bond donors (Lipinski definition) is 3. The van der Waals surface area contributed by atoms with Gasteiger partial charge in [-0.15, -0.1) is 0 Å². The summed E-state index contributed by atoms with van der Waals surface area (Å²) in [7, 11) is -3.70. The van der Waals surface area contributed by atoms with Crippen LogP contribution in [0.5, 0.6) is 0 Å². The molecule has 3 aromatic rings. The van der Waals surface area contributed by atoms with Gasteiger partial charge in [-0.25, -0.2) is 22.7 Å². The summed E-state index contributed by atoms with van der Waals surface area (Å²) in [6, 6.07) is 23.1. The standard InChI is InChI=1S/C37H48N4O6S/c1-5-41(6-2)24-12-26-48(45,46)40-34(22-17-29-13-8-7-9-14-29)35(42)31-20-18-30(19-21-31)33-16-11-10-15-32(33)27-39-37(44)38-23-25-47-36(43)28(3)4/h7-11,13-16,18-21,34,40H,3,5-6,12,17,22-27H2,1-2,4H3,(H2,38,39,44)/t34-/m1/s1. The van der Waals surface area contributed by atoms with Crippen molar-refractivity contribution >= 4 is 27.8 Å². The number of carbonyl (C=O) groups excluding carboxylic acids is 3. The van der Waals surface area contributed by atoms with Crippen molar-refractivity contribution in [3.05, 3.63) is 108 Å². The van der Waals surface area contributed by atoms with E-state index < -0.39 is 28.1 Å². The number of rotatable bonds is 20. The molecular weight excluding hydrogens is 628 g/mol. The van der Waals surface area contributed by atoms with Gasteiger partial charge in [-0.1, -0.05) is 99.3 Å². The zero-order valence-electron chi connectivity index (χ0n) is 28.2. The van der Waals surface area contributed by atoms with Gasteiger partial charge in [0.1, 0.15) is 6.61 Å². The van der Waals surface area contributed by atoms with Gasteiger partial charge >= 0.3 is 12.0 Å². The number of Topliss-reactive ketones (excluding diaryl/α,β-unsaturated/α-hetero) is 1. The molecule has 0 heterocycles. The zero-order chi connectivity index (χ0) is 34.9. The minimum Gasteiger partial charge on any atom is -0.460 e. The maximum absolute atomic E-state index is 13.8. The van der Waals surface area contributed by atoms with Gasteiger partial charge < -0.3 is 20.3 Å². The molecule has 48 heavy (non-hydrogen) atoms. The van der Waals surface area contributed by atoms with E-state index in [2.05, 4.69) is 26.8 Å². The van der Waals surface area contributed by atoms with E-state index in [0.29, 0.717) is 31.4 Å². The Bertz CT molecular complexity index is 1610. The molecule has 0 unspecified atom stereocenters. The summed E-state index contributed by atoms with van der Waals surface area (Å²) >= 11 is 0. The van der Waals surface area contributed by atoms with Gasteiger partial charge in [0.05, 0.1) is 18.3 Å². The molecule has 258 valence electrons. The predicted molar refractivity (Wildman–Crippen MR) is 190 cm³/mol. The monoisotopic (exact) mass is 676 g/mol. The molecule has 0 fully saturated rings. The van der Waals surface area contributed by atoms with Crippen LogP contribution in [0.3, 0.4) is 0 Å². The predicted octanol–water partition coefficient (Wildman–Crippen LogP) is 5.11. The second kappa shape index (κ2) is 19.5. The van der Waals surface area contributed by atoms with Crippen LogP contribution >= 0.6 is 0 Å². The lowest BCUT2D eigenvalue weighted by Crippen LogP contribution is -2.42. The molecule has 3 aromatic carbocycles. The summed E-state index contributed by atoms with van der Waals surface area (Å²) in [6.45, 7) is 12.0. The van der Waals surface area contributed by atoms with Crippen molar-refractivity contribution in [1.82, 2.24) is 20.3 Å². The Morgan fingerprint density at radius 1 is 0.896 bits per heavy atom. The van der Waals surface area contributed by atoms with Gasteiger partial charge in [-0.3, -0.25) is 4.79 Å². The maximum atomic E-state index is 13.8. The largest absolute Gasteiger partial charge is 0.460 e. The normalized spacial score (nSPS) is 11.9. The molecule has 0 saturated carbocycles. The number of hydrogen-bond acceptors (Lipinski definition) is 7. The molecule has 0 spiro atoms. The van der Waals surface area contributed by atoms with Crippen LogP contribution in [-0.2, 0) is 32.5 Å². The highest BCUT2D eigenvalue weighted by Gasteiger charge is 2.25. The summed E-state index contributed by atoms with van der Waals surface area (Å²) in [5.41, 5.74) is 4.30.